The van der Waals surface area contributed by atoms with Crippen LogP contribution in [0.25, 0.3) is 120 Å². The van der Waals surface area contributed by atoms with Gasteiger partial charge in [-0.25, -0.2) is 0 Å². The minimum atomic E-state index is 1.24. The summed E-state index contributed by atoms with van der Waals surface area (Å²) in [7, 11) is 0. The largest absolute Gasteiger partial charge is 0.0616 e. The van der Waals surface area contributed by atoms with E-state index in [-0.39, 0.29) is 0 Å². The lowest BCUT2D eigenvalue weighted by molar-refractivity contribution is 1.66. The Bertz CT molecular complexity index is 3280. The van der Waals surface area contributed by atoms with Crippen molar-refractivity contribution < 1.29 is 0 Å². The average molecular weight is 707 g/mol. The van der Waals surface area contributed by atoms with Crippen LogP contribution in [-0.2, 0) is 0 Å². The van der Waals surface area contributed by atoms with E-state index in [1.807, 2.05) is 0 Å². The molecule has 0 nitrogen and oxygen atoms in total. The summed E-state index contributed by atoms with van der Waals surface area (Å²) in [5.41, 5.74) is 10.1. The number of hydrogen-bond acceptors (Lipinski definition) is 0. The van der Waals surface area contributed by atoms with Gasteiger partial charge in [-0.3, -0.25) is 0 Å². The van der Waals surface area contributed by atoms with Gasteiger partial charge in [0.1, 0.15) is 0 Å². The number of benzene rings is 12. The SMILES string of the molecule is c1ccc2c(-c3ccc4cc(-c5ccc6ccc7c(-c8ccc9cc(-c%10cccc%11ccccc%10%11)ccc9c8)ccc8ccc5c6c87)ccc4c3)cccc2c1. The first-order valence-electron chi connectivity index (χ1n) is 19.5. The summed E-state index contributed by atoms with van der Waals surface area (Å²) in [5.74, 6) is 0. The fourth-order valence-electron chi connectivity index (χ4n) is 9.42. The van der Waals surface area contributed by atoms with Gasteiger partial charge < -0.3 is 0 Å². The zero-order chi connectivity index (χ0) is 36.7. The summed E-state index contributed by atoms with van der Waals surface area (Å²) in [6.07, 6.45) is 0. The van der Waals surface area contributed by atoms with Crippen molar-refractivity contribution in [3.63, 3.8) is 0 Å². The van der Waals surface area contributed by atoms with E-state index in [9.17, 15) is 0 Å². The van der Waals surface area contributed by atoms with E-state index in [1.54, 1.807) is 0 Å². The molecule has 0 bridgehead atoms. The van der Waals surface area contributed by atoms with Crippen LogP contribution >= 0.6 is 0 Å². The van der Waals surface area contributed by atoms with E-state index >= 15 is 0 Å². The molecule has 0 aliphatic rings. The van der Waals surface area contributed by atoms with E-state index in [0.717, 1.165) is 0 Å². The van der Waals surface area contributed by atoms with Gasteiger partial charge in [0, 0.05) is 0 Å². The first-order chi connectivity index (χ1) is 27.7. The second kappa shape index (κ2) is 12.1. The Kier molecular flexibility index (Phi) is 6.73. The Balaban J connectivity index is 0.951. The van der Waals surface area contributed by atoms with Crippen molar-refractivity contribution in [2.45, 2.75) is 0 Å². The van der Waals surface area contributed by atoms with Crippen LogP contribution in [0.5, 0.6) is 0 Å². The number of fused-ring (bicyclic) bond motifs is 4. The highest BCUT2D eigenvalue weighted by atomic mass is 14.2. The molecular weight excluding hydrogens is 673 g/mol. The van der Waals surface area contributed by atoms with Crippen molar-refractivity contribution in [2.75, 3.05) is 0 Å². The standard InChI is InChI=1S/C56H34/c1-3-11-47-35(7-1)9-5-13-49(47)43-19-15-41-33-45(21-17-39(41)31-43)51-27-23-37-26-30-54-52(28-24-38-25-29-53(51)55(37)56(38)54)46-22-18-40-32-44(20-16-42(40)34-46)50-14-6-10-36-8-2-4-12-48(36)50/h1-34H. The average Bonchev–Trinajstić information content (AvgIpc) is 3.27. The van der Waals surface area contributed by atoms with Crippen LogP contribution in [0.15, 0.2) is 206 Å². The zero-order valence-corrected chi connectivity index (χ0v) is 30.6. The summed E-state index contributed by atoms with van der Waals surface area (Å²) in [5, 5.41) is 17.9. The lowest BCUT2D eigenvalue weighted by atomic mass is 9.86. The van der Waals surface area contributed by atoms with Crippen LogP contribution in [0.1, 0.15) is 0 Å². The molecule has 0 N–H and O–H groups in total. The highest BCUT2D eigenvalue weighted by molar-refractivity contribution is 6.27. The molecule has 12 aromatic rings. The van der Waals surface area contributed by atoms with Gasteiger partial charge in [-0.1, -0.05) is 182 Å². The molecule has 0 radical (unpaired) electrons. The van der Waals surface area contributed by atoms with Gasteiger partial charge in [0.2, 0.25) is 0 Å². The van der Waals surface area contributed by atoms with Gasteiger partial charge in [0.25, 0.3) is 0 Å². The second-order valence-electron chi connectivity index (χ2n) is 15.3. The molecule has 0 saturated heterocycles. The molecule has 258 valence electrons. The van der Waals surface area contributed by atoms with E-state index in [1.165, 1.54) is 120 Å². The van der Waals surface area contributed by atoms with Crippen LogP contribution in [0.3, 0.4) is 0 Å². The fourth-order valence-corrected chi connectivity index (χ4v) is 9.42. The van der Waals surface area contributed by atoms with Crippen LogP contribution in [-0.4, -0.2) is 0 Å². The minimum Gasteiger partial charge on any atom is -0.0616 e. The maximum atomic E-state index is 2.36. The zero-order valence-electron chi connectivity index (χ0n) is 30.6. The molecule has 0 spiro atoms. The summed E-state index contributed by atoms with van der Waals surface area (Å²) in [4.78, 5) is 0. The van der Waals surface area contributed by atoms with Crippen LogP contribution in [0, 0.1) is 0 Å². The second-order valence-corrected chi connectivity index (χ2v) is 15.3. The molecule has 12 rings (SSSR count). The van der Waals surface area contributed by atoms with Gasteiger partial charge in [-0.2, -0.15) is 0 Å². The van der Waals surface area contributed by atoms with Crippen molar-refractivity contribution >= 4 is 75.4 Å². The molecule has 0 saturated carbocycles. The maximum absolute atomic E-state index is 2.36. The summed E-state index contributed by atoms with van der Waals surface area (Å²) in [6, 6.07) is 76.7. The summed E-state index contributed by atoms with van der Waals surface area (Å²) >= 11 is 0. The lowest BCUT2D eigenvalue weighted by Crippen LogP contribution is -1.90. The van der Waals surface area contributed by atoms with Gasteiger partial charge in [-0.05, 0) is 144 Å². The fraction of sp³-hybridized carbons (Fsp3) is 0. The predicted octanol–water partition coefficient (Wildman–Crippen LogP) is 15.9. The Hall–Kier alpha value is -7.28. The third-order valence-corrected chi connectivity index (χ3v) is 12.2. The van der Waals surface area contributed by atoms with Crippen molar-refractivity contribution in [1.29, 1.82) is 0 Å². The topological polar surface area (TPSA) is 0 Å². The van der Waals surface area contributed by atoms with Gasteiger partial charge >= 0.3 is 0 Å². The van der Waals surface area contributed by atoms with Gasteiger partial charge in [-0.15, -0.1) is 0 Å². The normalized spacial score (nSPS) is 11.9. The Morgan fingerprint density at radius 3 is 0.911 bits per heavy atom. The quantitative estimate of drug-likeness (QED) is 0.160. The van der Waals surface area contributed by atoms with Crippen molar-refractivity contribution in [3.05, 3.63) is 206 Å². The van der Waals surface area contributed by atoms with Crippen molar-refractivity contribution in [1.82, 2.24) is 0 Å². The molecule has 0 heterocycles. The molecule has 0 amide bonds. The van der Waals surface area contributed by atoms with Crippen LogP contribution in [0.4, 0.5) is 0 Å². The highest BCUT2D eigenvalue weighted by Gasteiger charge is 2.16. The smallest absolute Gasteiger partial charge is 0.00203 e. The molecule has 0 atom stereocenters. The monoisotopic (exact) mass is 706 g/mol. The van der Waals surface area contributed by atoms with Crippen molar-refractivity contribution in [2.24, 2.45) is 0 Å². The third kappa shape index (κ3) is 4.79. The number of rotatable bonds is 4. The molecular formula is C56H34. The van der Waals surface area contributed by atoms with E-state index in [0.29, 0.717) is 0 Å². The first-order valence-corrected chi connectivity index (χ1v) is 19.5. The molecule has 56 heavy (non-hydrogen) atoms. The van der Waals surface area contributed by atoms with Crippen molar-refractivity contribution in [3.8, 4) is 44.5 Å². The molecule has 0 heteroatoms. The summed E-state index contributed by atoms with van der Waals surface area (Å²) in [6.45, 7) is 0. The van der Waals surface area contributed by atoms with Gasteiger partial charge in [0.15, 0.2) is 0 Å². The highest BCUT2D eigenvalue weighted by Crippen LogP contribution is 2.43. The molecule has 0 aromatic heterocycles. The van der Waals surface area contributed by atoms with Crippen LogP contribution < -0.4 is 0 Å². The molecule has 0 aliphatic carbocycles. The Labute approximate surface area is 324 Å². The Morgan fingerprint density at radius 1 is 0.179 bits per heavy atom. The first kappa shape index (κ1) is 31.1. The molecule has 0 fully saturated rings. The predicted molar refractivity (Wildman–Crippen MR) is 242 cm³/mol. The minimum absolute atomic E-state index is 1.24. The van der Waals surface area contributed by atoms with Crippen LogP contribution in [0.2, 0.25) is 0 Å². The molecule has 0 aliphatic heterocycles. The van der Waals surface area contributed by atoms with E-state index in [2.05, 4.69) is 206 Å². The lowest BCUT2D eigenvalue weighted by Gasteiger charge is -2.17. The molecule has 12 aromatic carbocycles. The van der Waals surface area contributed by atoms with Gasteiger partial charge in [0.05, 0.1) is 0 Å². The summed E-state index contributed by atoms with van der Waals surface area (Å²) < 4.78 is 0. The maximum Gasteiger partial charge on any atom is -0.00203 e. The van der Waals surface area contributed by atoms with E-state index < -0.39 is 0 Å². The Morgan fingerprint density at radius 2 is 0.500 bits per heavy atom. The molecule has 0 unspecified atom stereocenters. The number of hydrogen-bond donors (Lipinski definition) is 0. The van der Waals surface area contributed by atoms with E-state index in [4.69, 9.17) is 0 Å². The third-order valence-electron chi connectivity index (χ3n) is 12.2.